The molecule has 0 aliphatic carbocycles. The van der Waals surface area contributed by atoms with Gasteiger partial charge in [0.2, 0.25) is 5.91 Å². The number of likely N-dealkylation sites (tertiary alicyclic amines) is 1. The predicted molar refractivity (Wildman–Crippen MR) is 41.5 cm³/mol. The summed E-state index contributed by atoms with van der Waals surface area (Å²) in [6.45, 7) is 0.839. The summed E-state index contributed by atoms with van der Waals surface area (Å²) in [5, 5.41) is 8.57. The highest BCUT2D eigenvalue weighted by molar-refractivity contribution is 5.77. The Morgan fingerprint density at radius 2 is 1.83 bits per heavy atom. The summed E-state index contributed by atoms with van der Waals surface area (Å²) in [5.74, 6) is -0.458. The fourth-order valence-electron chi connectivity index (χ4n) is 1.36. The van der Waals surface area contributed by atoms with Gasteiger partial charge in [0.1, 0.15) is 0 Å². The van der Waals surface area contributed by atoms with Gasteiger partial charge in [0.25, 0.3) is 0 Å². The minimum Gasteiger partial charge on any atom is -0.465 e. The maximum Gasteiger partial charge on any atom is 0.407 e. The Bertz CT molecular complexity index is 175. The summed E-state index contributed by atoms with van der Waals surface area (Å²) < 4.78 is 0. The molecule has 68 valence electrons. The van der Waals surface area contributed by atoms with Crippen molar-refractivity contribution in [2.24, 2.45) is 11.7 Å². The Labute approximate surface area is 70.1 Å². The van der Waals surface area contributed by atoms with Gasteiger partial charge in [-0.15, -0.1) is 0 Å². The fraction of sp³-hybridized carbons (Fsp3) is 0.714. The average molecular weight is 172 g/mol. The second-order valence-electron chi connectivity index (χ2n) is 2.95. The number of nitrogens with zero attached hydrogens (tertiary/aromatic N) is 1. The Kier molecular flexibility index (Phi) is 2.52. The number of nitrogens with two attached hydrogens (primary N) is 1. The number of piperidine rings is 1. The van der Waals surface area contributed by atoms with Gasteiger partial charge in [-0.05, 0) is 12.8 Å². The van der Waals surface area contributed by atoms with Gasteiger partial charge >= 0.3 is 6.09 Å². The molecule has 0 aromatic carbocycles. The minimum atomic E-state index is -0.919. The largest absolute Gasteiger partial charge is 0.465 e. The molecular weight excluding hydrogens is 160 g/mol. The van der Waals surface area contributed by atoms with Crippen LogP contribution in [0.1, 0.15) is 12.8 Å². The molecule has 1 saturated heterocycles. The lowest BCUT2D eigenvalue weighted by Crippen LogP contribution is -2.40. The summed E-state index contributed by atoms with van der Waals surface area (Å²) in [4.78, 5) is 22.4. The number of primary amides is 1. The first-order valence-electron chi connectivity index (χ1n) is 3.88. The van der Waals surface area contributed by atoms with E-state index >= 15 is 0 Å². The zero-order chi connectivity index (χ0) is 9.14. The van der Waals surface area contributed by atoms with E-state index in [1.54, 1.807) is 0 Å². The summed E-state index contributed by atoms with van der Waals surface area (Å²) in [6, 6.07) is 0. The molecule has 5 heteroatoms. The van der Waals surface area contributed by atoms with Crippen molar-refractivity contribution < 1.29 is 14.7 Å². The van der Waals surface area contributed by atoms with Crippen LogP contribution in [0.2, 0.25) is 0 Å². The molecule has 1 fully saturated rings. The standard InChI is InChI=1S/C7H12N2O3/c8-6(10)5-1-3-9(4-2-5)7(11)12/h5H,1-4H2,(H2,8,10)(H,11,12). The van der Waals surface area contributed by atoms with Crippen molar-refractivity contribution in [3.8, 4) is 0 Å². The van der Waals surface area contributed by atoms with Crippen LogP contribution in [-0.2, 0) is 4.79 Å². The van der Waals surface area contributed by atoms with E-state index in [1.807, 2.05) is 0 Å². The quantitative estimate of drug-likeness (QED) is 0.577. The maximum absolute atomic E-state index is 10.7. The van der Waals surface area contributed by atoms with Gasteiger partial charge in [0.05, 0.1) is 0 Å². The Balaban J connectivity index is 2.39. The molecule has 5 nitrogen and oxygen atoms in total. The van der Waals surface area contributed by atoms with Crippen molar-refractivity contribution in [1.29, 1.82) is 0 Å². The predicted octanol–water partition coefficient (Wildman–Crippen LogP) is -0.138. The van der Waals surface area contributed by atoms with Crippen LogP contribution < -0.4 is 5.73 Å². The number of amides is 2. The third-order valence-electron chi connectivity index (χ3n) is 2.17. The molecule has 0 aromatic heterocycles. The van der Waals surface area contributed by atoms with Gasteiger partial charge in [-0.1, -0.05) is 0 Å². The fourth-order valence-corrected chi connectivity index (χ4v) is 1.36. The van der Waals surface area contributed by atoms with Gasteiger partial charge in [-0.2, -0.15) is 0 Å². The van der Waals surface area contributed by atoms with Gasteiger partial charge in [0, 0.05) is 19.0 Å². The number of carboxylic acid groups (broad SMARTS) is 1. The molecule has 0 unspecified atom stereocenters. The van der Waals surface area contributed by atoms with E-state index in [0.29, 0.717) is 25.9 Å². The highest BCUT2D eigenvalue weighted by atomic mass is 16.4. The molecule has 3 N–H and O–H groups in total. The minimum absolute atomic E-state index is 0.138. The smallest absolute Gasteiger partial charge is 0.407 e. The molecule has 1 heterocycles. The van der Waals surface area contributed by atoms with Crippen LogP contribution in [0.4, 0.5) is 4.79 Å². The van der Waals surface area contributed by atoms with E-state index in [0.717, 1.165) is 0 Å². The van der Waals surface area contributed by atoms with Gasteiger partial charge < -0.3 is 15.7 Å². The molecule has 12 heavy (non-hydrogen) atoms. The van der Waals surface area contributed by atoms with E-state index in [1.165, 1.54) is 4.90 Å². The molecule has 0 aromatic rings. The summed E-state index contributed by atoms with van der Waals surface area (Å²) in [7, 11) is 0. The van der Waals surface area contributed by atoms with Crippen LogP contribution >= 0.6 is 0 Å². The molecule has 1 rings (SSSR count). The lowest BCUT2D eigenvalue weighted by molar-refractivity contribution is -0.123. The highest BCUT2D eigenvalue weighted by Gasteiger charge is 2.25. The van der Waals surface area contributed by atoms with Crippen molar-refractivity contribution in [2.45, 2.75) is 12.8 Å². The number of carbonyl (C=O) groups excluding carboxylic acids is 1. The zero-order valence-corrected chi connectivity index (χ0v) is 6.69. The van der Waals surface area contributed by atoms with Crippen LogP contribution in [0.5, 0.6) is 0 Å². The first-order valence-corrected chi connectivity index (χ1v) is 3.88. The van der Waals surface area contributed by atoms with Gasteiger partial charge in [0.15, 0.2) is 0 Å². The number of rotatable bonds is 1. The average Bonchev–Trinajstić information content (AvgIpc) is 2.04. The number of carbonyl (C=O) groups is 2. The molecule has 0 radical (unpaired) electrons. The lowest BCUT2D eigenvalue weighted by atomic mass is 9.97. The Morgan fingerprint density at radius 3 is 2.17 bits per heavy atom. The molecule has 0 bridgehead atoms. The second-order valence-corrected chi connectivity index (χ2v) is 2.95. The van der Waals surface area contributed by atoms with Crippen molar-refractivity contribution in [2.75, 3.05) is 13.1 Å². The maximum atomic E-state index is 10.7. The molecule has 0 saturated carbocycles. The molecule has 2 amide bonds. The van der Waals surface area contributed by atoms with E-state index < -0.39 is 6.09 Å². The summed E-state index contributed by atoms with van der Waals surface area (Å²) in [6.07, 6.45) is 0.196. The Morgan fingerprint density at radius 1 is 1.33 bits per heavy atom. The first kappa shape index (κ1) is 8.83. The molecule has 0 atom stereocenters. The van der Waals surface area contributed by atoms with Crippen molar-refractivity contribution in [3.05, 3.63) is 0 Å². The number of hydrogen-bond donors (Lipinski definition) is 2. The first-order chi connectivity index (χ1) is 5.61. The molecule has 1 aliphatic heterocycles. The van der Waals surface area contributed by atoms with E-state index in [2.05, 4.69) is 0 Å². The van der Waals surface area contributed by atoms with Crippen LogP contribution in [0.3, 0.4) is 0 Å². The van der Waals surface area contributed by atoms with Gasteiger partial charge in [-0.25, -0.2) is 4.79 Å². The zero-order valence-electron chi connectivity index (χ0n) is 6.69. The topological polar surface area (TPSA) is 83.6 Å². The molecule has 1 aliphatic rings. The van der Waals surface area contributed by atoms with E-state index in [4.69, 9.17) is 10.8 Å². The van der Waals surface area contributed by atoms with Crippen LogP contribution in [-0.4, -0.2) is 35.1 Å². The highest BCUT2D eigenvalue weighted by Crippen LogP contribution is 2.16. The van der Waals surface area contributed by atoms with Crippen LogP contribution in [0.25, 0.3) is 0 Å². The Hall–Kier alpha value is -1.26. The van der Waals surface area contributed by atoms with Crippen LogP contribution in [0, 0.1) is 5.92 Å². The normalized spacial score (nSPS) is 19.2. The van der Waals surface area contributed by atoms with Crippen LogP contribution in [0.15, 0.2) is 0 Å². The summed E-state index contributed by atoms with van der Waals surface area (Å²) >= 11 is 0. The second kappa shape index (κ2) is 3.42. The van der Waals surface area contributed by atoms with Crippen molar-refractivity contribution in [1.82, 2.24) is 4.90 Å². The third kappa shape index (κ3) is 1.87. The summed E-state index contributed by atoms with van der Waals surface area (Å²) in [5.41, 5.74) is 5.08. The van der Waals surface area contributed by atoms with E-state index in [9.17, 15) is 9.59 Å². The third-order valence-corrected chi connectivity index (χ3v) is 2.17. The van der Waals surface area contributed by atoms with Crippen molar-refractivity contribution in [3.63, 3.8) is 0 Å². The SMILES string of the molecule is NC(=O)C1CCN(C(=O)O)CC1. The molecular formula is C7H12N2O3. The van der Waals surface area contributed by atoms with Gasteiger partial charge in [-0.3, -0.25) is 4.79 Å². The lowest BCUT2D eigenvalue weighted by Gasteiger charge is -2.27. The number of hydrogen-bond acceptors (Lipinski definition) is 2. The van der Waals surface area contributed by atoms with Crippen molar-refractivity contribution >= 4 is 12.0 Å². The monoisotopic (exact) mass is 172 g/mol. The van der Waals surface area contributed by atoms with E-state index in [-0.39, 0.29) is 11.8 Å². The molecule has 0 spiro atoms.